The Kier molecular flexibility index (Phi) is 7.47. The second-order valence-electron chi connectivity index (χ2n) is 9.07. The first-order chi connectivity index (χ1) is 19.5. The van der Waals surface area contributed by atoms with Crippen LogP contribution in [0.5, 0.6) is 0 Å². The van der Waals surface area contributed by atoms with Gasteiger partial charge in [-0.2, -0.15) is 0 Å². The Bertz CT molecular complexity index is 1930. The van der Waals surface area contributed by atoms with Crippen LogP contribution in [0.15, 0.2) is 81.3 Å². The van der Waals surface area contributed by atoms with Crippen LogP contribution in [-0.2, 0) is 39.1 Å². The van der Waals surface area contributed by atoms with Crippen LogP contribution < -0.4 is 21.3 Å². The molecular formula is C26H21N5O8S2. The molecule has 210 valence electrons. The number of hydrogen-bond acceptors (Lipinski definition) is 9. The summed E-state index contributed by atoms with van der Waals surface area (Å²) >= 11 is 0.889. The molecule has 15 heteroatoms. The highest BCUT2D eigenvalue weighted by molar-refractivity contribution is 8.15. The van der Waals surface area contributed by atoms with Gasteiger partial charge in [-0.15, -0.1) is 0 Å². The molecule has 1 aliphatic heterocycles. The smallest absolute Gasteiger partial charge is 0.333 e. The number of carboxylic acids is 1. The molecule has 5 rings (SSSR count). The molecular weight excluding hydrogens is 574 g/mol. The van der Waals surface area contributed by atoms with E-state index in [2.05, 4.69) is 15.0 Å². The molecule has 0 saturated carbocycles. The molecule has 3 N–H and O–H groups in total. The number of sulfonamides is 1. The van der Waals surface area contributed by atoms with Gasteiger partial charge in [-0.3, -0.25) is 33.8 Å². The summed E-state index contributed by atoms with van der Waals surface area (Å²) in [4.78, 5) is 64.3. The summed E-state index contributed by atoms with van der Waals surface area (Å²) in [6.07, 6.45) is 1.66. The van der Waals surface area contributed by atoms with Crippen LogP contribution in [0.25, 0.3) is 11.0 Å². The number of hydrogen-bond donors (Lipinski definition) is 3. The summed E-state index contributed by atoms with van der Waals surface area (Å²) < 4.78 is 30.4. The fourth-order valence-corrected chi connectivity index (χ4v) is 6.25. The second-order valence-corrected chi connectivity index (χ2v) is 11.9. The van der Waals surface area contributed by atoms with Crippen molar-refractivity contribution in [3.63, 3.8) is 0 Å². The third kappa shape index (κ3) is 5.90. The molecule has 1 fully saturated rings. The van der Waals surface area contributed by atoms with Crippen LogP contribution in [0.1, 0.15) is 11.1 Å². The molecule has 2 amide bonds. The van der Waals surface area contributed by atoms with E-state index in [0.717, 1.165) is 16.3 Å². The number of carboxylic acid groups (broad SMARTS) is 1. The van der Waals surface area contributed by atoms with Crippen molar-refractivity contribution in [3.05, 3.63) is 98.8 Å². The zero-order valence-electron chi connectivity index (χ0n) is 21.0. The minimum Gasteiger partial charge on any atom is -0.480 e. The van der Waals surface area contributed by atoms with Crippen molar-refractivity contribution >= 4 is 55.6 Å². The molecule has 1 atom stereocenters. The Morgan fingerprint density at radius 3 is 2.44 bits per heavy atom. The molecule has 2 aromatic carbocycles. The largest absolute Gasteiger partial charge is 0.480 e. The maximum Gasteiger partial charge on any atom is 0.333 e. The first-order valence-electron chi connectivity index (χ1n) is 12.0. The van der Waals surface area contributed by atoms with Gasteiger partial charge in [0, 0.05) is 11.9 Å². The zero-order chi connectivity index (χ0) is 29.3. The van der Waals surface area contributed by atoms with Gasteiger partial charge in [0.1, 0.15) is 12.2 Å². The van der Waals surface area contributed by atoms with Crippen LogP contribution >= 0.6 is 11.8 Å². The summed E-state index contributed by atoms with van der Waals surface area (Å²) in [5.41, 5.74) is -0.210. The number of rotatable bonds is 9. The number of imide groups is 1. The average Bonchev–Trinajstić information content (AvgIpc) is 3.25. The van der Waals surface area contributed by atoms with Crippen molar-refractivity contribution in [3.8, 4) is 0 Å². The van der Waals surface area contributed by atoms with E-state index in [1.54, 1.807) is 24.3 Å². The number of aromatic nitrogens is 3. The molecule has 1 aliphatic rings. The summed E-state index contributed by atoms with van der Waals surface area (Å²) in [6, 6.07) is 15.1. The van der Waals surface area contributed by atoms with Crippen LogP contribution in [-0.4, -0.2) is 50.0 Å². The van der Waals surface area contributed by atoms with Gasteiger partial charge in [-0.1, -0.05) is 36.0 Å². The van der Waals surface area contributed by atoms with Gasteiger partial charge in [0.25, 0.3) is 20.8 Å². The normalized spacial score (nSPS) is 15.2. The standard InChI is InChI=1S/C26H21N5O8S2/c32-21(33)14-31-24(35)19-5-2-10-27-22(19)30(26(31)37)13-16-3-1-4-17(11-16)29-41(38,39)18-8-6-15(7-9-18)12-20-23(34)28-25(36)40-20/h1-11,20,29H,12-14H2,(H,32,33)(H,28,34,36). The predicted octanol–water partition coefficient (Wildman–Crippen LogP) is 1.39. The van der Waals surface area contributed by atoms with Crippen LogP contribution in [0.3, 0.4) is 0 Å². The lowest BCUT2D eigenvalue weighted by atomic mass is 10.1. The summed E-state index contributed by atoms with van der Waals surface area (Å²) in [7, 11) is -4.02. The number of amides is 2. The number of carbonyl (C=O) groups is 3. The molecule has 0 aliphatic carbocycles. The quantitative estimate of drug-likeness (QED) is 0.255. The molecule has 3 heterocycles. The third-order valence-electron chi connectivity index (χ3n) is 6.21. The Labute approximate surface area is 235 Å². The number of fused-ring (bicyclic) bond motifs is 1. The summed E-state index contributed by atoms with van der Waals surface area (Å²) in [5.74, 6) is -1.74. The molecule has 0 spiro atoms. The molecule has 4 aromatic rings. The fourth-order valence-electron chi connectivity index (χ4n) is 4.34. The summed E-state index contributed by atoms with van der Waals surface area (Å²) in [6.45, 7) is -0.947. The van der Waals surface area contributed by atoms with E-state index in [9.17, 15) is 37.5 Å². The van der Waals surface area contributed by atoms with Gasteiger partial charge >= 0.3 is 11.7 Å². The number of nitrogens with zero attached hydrogens (tertiary/aromatic N) is 3. The van der Waals surface area contributed by atoms with Crippen molar-refractivity contribution < 1.29 is 27.9 Å². The van der Waals surface area contributed by atoms with Crippen LogP contribution in [0.4, 0.5) is 10.5 Å². The van der Waals surface area contributed by atoms with E-state index in [1.165, 1.54) is 42.6 Å². The van der Waals surface area contributed by atoms with E-state index in [4.69, 9.17) is 0 Å². The molecule has 13 nitrogen and oxygen atoms in total. The Morgan fingerprint density at radius 1 is 1.00 bits per heavy atom. The number of benzene rings is 2. The topological polar surface area (TPSA) is 187 Å². The van der Waals surface area contributed by atoms with Gasteiger partial charge in [-0.05, 0) is 53.9 Å². The Hall–Kier alpha value is -4.76. The molecule has 1 unspecified atom stereocenters. The molecule has 2 aromatic heterocycles. The predicted molar refractivity (Wildman–Crippen MR) is 149 cm³/mol. The number of anilines is 1. The molecule has 1 saturated heterocycles. The molecule has 0 radical (unpaired) electrons. The average molecular weight is 596 g/mol. The highest BCUT2D eigenvalue weighted by Crippen LogP contribution is 2.24. The van der Waals surface area contributed by atoms with E-state index in [1.807, 2.05) is 0 Å². The lowest BCUT2D eigenvalue weighted by Crippen LogP contribution is -2.42. The van der Waals surface area contributed by atoms with Crippen molar-refractivity contribution in [2.45, 2.75) is 29.7 Å². The van der Waals surface area contributed by atoms with Crippen molar-refractivity contribution in [2.24, 2.45) is 0 Å². The number of aliphatic carboxylic acids is 1. The minimum absolute atomic E-state index is 0.0292. The molecule has 41 heavy (non-hydrogen) atoms. The van der Waals surface area contributed by atoms with Crippen molar-refractivity contribution in [2.75, 3.05) is 4.72 Å². The minimum atomic E-state index is -4.02. The van der Waals surface area contributed by atoms with E-state index in [-0.39, 0.29) is 40.5 Å². The second kappa shape index (κ2) is 11.0. The van der Waals surface area contributed by atoms with Gasteiger partial charge in [0.15, 0.2) is 0 Å². The fraction of sp³-hybridized carbons (Fsp3) is 0.154. The van der Waals surface area contributed by atoms with Gasteiger partial charge in [0.05, 0.1) is 22.1 Å². The van der Waals surface area contributed by atoms with Crippen LogP contribution in [0.2, 0.25) is 0 Å². The number of thioether (sulfide) groups is 1. The highest BCUT2D eigenvalue weighted by Gasteiger charge is 2.31. The monoisotopic (exact) mass is 595 g/mol. The van der Waals surface area contributed by atoms with E-state index in [0.29, 0.717) is 15.7 Å². The van der Waals surface area contributed by atoms with Gasteiger partial charge in [0.2, 0.25) is 5.91 Å². The third-order valence-corrected chi connectivity index (χ3v) is 8.59. The maximum atomic E-state index is 13.1. The van der Waals surface area contributed by atoms with E-state index < -0.39 is 44.3 Å². The Balaban J connectivity index is 1.38. The molecule has 0 bridgehead atoms. The lowest BCUT2D eigenvalue weighted by Gasteiger charge is -2.14. The first-order valence-corrected chi connectivity index (χ1v) is 14.4. The summed E-state index contributed by atoms with van der Waals surface area (Å²) in [5, 5.41) is 10.5. The van der Waals surface area contributed by atoms with E-state index >= 15 is 0 Å². The SMILES string of the molecule is O=C(O)Cn1c(=O)c2cccnc2n(Cc2cccc(NS(=O)(=O)c3ccc(CC4SC(=O)NC4=O)cc3)c2)c1=O. The number of carbonyl (C=O) groups excluding carboxylic acids is 2. The number of nitrogens with one attached hydrogen (secondary N) is 2. The lowest BCUT2D eigenvalue weighted by molar-refractivity contribution is -0.137. The number of pyridine rings is 1. The van der Waals surface area contributed by atoms with Gasteiger partial charge < -0.3 is 5.11 Å². The van der Waals surface area contributed by atoms with Crippen LogP contribution in [0, 0.1) is 0 Å². The highest BCUT2D eigenvalue weighted by atomic mass is 32.2. The van der Waals surface area contributed by atoms with Crippen molar-refractivity contribution in [1.29, 1.82) is 0 Å². The van der Waals surface area contributed by atoms with Crippen molar-refractivity contribution in [1.82, 2.24) is 19.4 Å². The Morgan fingerprint density at radius 2 is 1.76 bits per heavy atom. The zero-order valence-corrected chi connectivity index (χ0v) is 22.6. The van der Waals surface area contributed by atoms with Gasteiger partial charge in [-0.25, -0.2) is 22.8 Å². The first kappa shape index (κ1) is 27.8. The maximum absolute atomic E-state index is 13.1.